The summed E-state index contributed by atoms with van der Waals surface area (Å²) in [6.07, 6.45) is 3.60. The summed E-state index contributed by atoms with van der Waals surface area (Å²) in [6, 6.07) is 9.92. The molecule has 1 aliphatic rings. The van der Waals surface area contributed by atoms with Gasteiger partial charge in [0.1, 0.15) is 5.75 Å². The van der Waals surface area contributed by atoms with Gasteiger partial charge in [0.05, 0.1) is 13.2 Å². The first-order valence-electron chi connectivity index (χ1n) is 10.8. The van der Waals surface area contributed by atoms with E-state index in [0.717, 1.165) is 69.0 Å². The minimum absolute atomic E-state index is 0. The van der Waals surface area contributed by atoms with Gasteiger partial charge in [-0.2, -0.15) is 0 Å². The third kappa shape index (κ3) is 8.13. The molecule has 2 heterocycles. The van der Waals surface area contributed by atoms with Crippen molar-refractivity contribution in [3.05, 3.63) is 48.3 Å². The molecule has 1 aromatic carbocycles. The van der Waals surface area contributed by atoms with E-state index in [1.807, 2.05) is 31.2 Å². The van der Waals surface area contributed by atoms with Crippen LogP contribution in [-0.4, -0.2) is 73.2 Å². The highest BCUT2D eigenvalue weighted by Gasteiger charge is 2.18. The first kappa shape index (κ1) is 25.1. The van der Waals surface area contributed by atoms with E-state index in [2.05, 4.69) is 43.4 Å². The molecule has 2 N–H and O–H groups in total. The summed E-state index contributed by atoms with van der Waals surface area (Å²) in [5, 5.41) is 6.78. The van der Waals surface area contributed by atoms with Crippen LogP contribution in [-0.2, 0) is 6.54 Å². The SMILES string of the molecule is CCNC(=NCc1ccccc1OCC)NCCN1CCN(c2ncccn2)CC1.I. The predicted molar refractivity (Wildman–Crippen MR) is 137 cm³/mol. The first-order valence-corrected chi connectivity index (χ1v) is 10.8. The molecule has 1 fully saturated rings. The average molecular weight is 539 g/mol. The Morgan fingerprint density at radius 3 is 2.48 bits per heavy atom. The number of hydrogen-bond acceptors (Lipinski definition) is 6. The lowest BCUT2D eigenvalue weighted by molar-refractivity contribution is 0.260. The Morgan fingerprint density at radius 1 is 1.03 bits per heavy atom. The molecule has 0 radical (unpaired) electrons. The minimum atomic E-state index is 0. The second-order valence-corrected chi connectivity index (χ2v) is 7.04. The van der Waals surface area contributed by atoms with Gasteiger partial charge in [-0.1, -0.05) is 18.2 Å². The maximum absolute atomic E-state index is 5.70. The zero-order chi connectivity index (χ0) is 21.0. The van der Waals surface area contributed by atoms with Gasteiger partial charge in [-0.15, -0.1) is 24.0 Å². The summed E-state index contributed by atoms with van der Waals surface area (Å²) in [5.41, 5.74) is 1.09. The highest BCUT2D eigenvalue weighted by Crippen LogP contribution is 2.18. The van der Waals surface area contributed by atoms with Gasteiger partial charge in [-0.25, -0.2) is 15.0 Å². The van der Waals surface area contributed by atoms with Gasteiger partial charge in [0.2, 0.25) is 5.95 Å². The van der Waals surface area contributed by atoms with Crippen LogP contribution in [0.4, 0.5) is 5.95 Å². The third-order valence-electron chi connectivity index (χ3n) is 4.95. The Kier molecular flexibility index (Phi) is 11.4. The molecule has 0 unspecified atom stereocenters. The molecule has 2 aromatic rings. The van der Waals surface area contributed by atoms with Crippen molar-refractivity contribution in [1.82, 2.24) is 25.5 Å². The molecule has 9 heteroatoms. The van der Waals surface area contributed by atoms with Crippen LogP contribution in [0.15, 0.2) is 47.7 Å². The fourth-order valence-electron chi connectivity index (χ4n) is 3.40. The number of nitrogens with one attached hydrogen (secondary N) is 2. The van der Waals surface area contributed by atoms with Gasteiger partial charge in [-0.05, 0) is 26.0 Å². The van der Waals surface area contributed by atoms with Crippen molar-refractivity contribution in [1.29, 1.82) is 0 Å². The Labute approximate surface area is 202 Å². The van der Waals surface area contributed by atoms with E-state index >= 15 is 0 Å². The zero-order valence-corrected chi connectivity index (χ0v) is 20.8. The zero-order valence-electron chi connectivity index (χ0n) is 18.5. The van der Waals surface area contributed by atoms with Crippen LogP contribution < -0.4 is 20.3 Å². The Hall–Kier alpha value is -2.14. The van der Waals surface area contributed by atoms with Crippen LogP contribution >= 0.6 is 24.0 Å². The first-order chi connectivity index (χ1) is 14.8. The second-order valence-electron chi connectivity index (χ2n) is 7.04. The van der Waals surface area contributed by atoms with E-state index in [-0.39, 0.29) is 24.0 Å². The number of halogens is 1. The van der Waals surface area contributed by atoms with Crippen LogP contribution in [0.3, 0.4) is 0 Å². The lowest BCUT2D eigenvalue weighted by Crippen LogP contribution is -2.49. The molecule has 8 nitrogen and oxygen atoms in total. The van der Waals surface area contributed by atoms with Crippen molar-refractivity contribution in [3.8, 4) is 5.75 Å². The topological polar surface area (TPSA) is 77.9 Å². The highest BCUT2D eigenvalue weighted by atomic mass is 127. The van der Waals surface area contributed by atoms with Gasteiger partial charge in [0, 0.05) is 63.8 Å². The van der Waals surface area contributed by atoms with Gasteiger partial charge in [-0.3, -0.25) is 4.90 Å². The number of anilines is 1. The molecule has 1 aliphatic heterocycles. The number of aromatic nitrogens is 2. The van der Waals surface area contributed by atoms with Crippen LogP contribution in [0.25, 0.3) is 0 Å². The van der Waals surface area contributed by atoms with Crippen LogP contribution in [0.2, 0.25) is 0 Å². The van der Waals surface area contributed by atoms with Gasteiger partial charge < -0.3 is 20.3 Å². The van der Waals surface area contributed by atoms with E-state index < -0.39 is 0 Å². The van der Waals surface area contributed by atoms with Crippen molar-refractivity contribution in [3.63, 3.8) is 0 Å². The number of piperazine rings is 1. The van der Waals surface area contributed by atoms with E-state index in [0.29, 0.717) is 13.2 Å². The van der Waals surface area contributed by atoms with E-state index in [1.165, 1.54) is 0 Å². The number of para-hydroxylation sites is 1. The van der Waals surface area contributed by atoms with Gasteiger partial charge >= 0.3 is 0 Å². The fraction of sp³-hybridized carbons (Fsp3) is 0.500. The summed E-state index contributed by atoms with van der Waals surface area (Å²) >= 11 is 0. The van der Waals surface area contributed by atoms with Crippen molar-refractivity contribution < 1.29 is 4.74 Å². The standard InChI is InChI=1S/C22H33N7O.HI/c1-3-23-21(27-18-19-8-5-6-9-20(19)30-4-2)24-12-13-28-14-16-29(17-15-28)22-25-10-7-11-26-22;/h5-11H,3-4,12-18H2,1-2H3,(H2,23,24,27);1H. The van der Waals surface area contributed by atoms with Crippen LogP contribution in [0.5, 0.6) is 5.75 Å². The monoisotopic (exact) mass is 539 g/mol. The molecule has 1 saturated heterocycles. The predicted octanol–water partition coefficient (Wildman–Crippen LogP) is 2.37. The molecule has 0 aliphatic carbocycles. The summed E-state index contributed by atoms with van der Waals surface area (Å²) in [5.74, 6) is 2.56. The van der Waals surface area contributed by atoms with E-state index in [9.17, 15) is 0 Å². The average Bonchev–Trinajstić information content (AvgIpc) is 2.79. The van der Waals surface area contributed by atoms with E-state index in [4.69, 9.17) is 9.73 Å². The molecule has 3 rings (SSSR count). The van der Waals surface area contributed by atoms with Gasteiger partial charge in [0.15, 0.2) is 5.96 Å². The largest absolute Gasteiger partial charge is 0.494 e. The molecule has 0 saturated carbocycles. The lowest BCUT2D eigenvalue weighted by Gasteiger charge is -2.34. The lowest BCUT2D eigenvalue weighted by atomic mass is 10.2. The molecule has 0 spiro atoms. The Balaban J connectivity index is 0.00000341. The Bertz CT molecular complexity index is 782. The van der Waals surface area contributed by atoms with Gasteiger partial charge in [0.25, 0.3) is 0 Å². The number of ether oxygens (including phenoxy) is 1. The smallest absolute Gasteiger partial charge is 0.225 e. The number of rotatable bonds is 9. The summed E-state index contributed by atoms with van der Waals surface area (Å²) in [7, 11) is 0. The molecular formula is C22H34IN7O. The number of nitrogens with zero attached hydrogens (tertiary/aromatic N) is 5. The third-order valence-corrected chi connectivity index (χ3v) is 4.95. The molecule has 0 amide bonds. The van der Waals surface area contributed by atoms with Crippen molar-refractivity contribution >= 4 is 35.9 Å². The fourth-order valence-corrected chi connectivity index (χ4v) is 3.40. The van der Waals surface area contributed by atoms with Crippen molar-refractivity contribution in [2.24, 2.45) is 4.99 Å². The second kappa shape index (κ2) is 14.0. The molecule has 0 atom stereocenters. The number of aliphatic imine (C=N–C) groups is 1. The number of guanidine groups is 1. The van der Waals surface area contributed by atoms with Crippen LogP contribution in [0.1, 0.15) is 19.4 Å². The molecule has 31 heavy (non-hydrogen) atoms. The van der Waals surface area contributed by atoms with Crippen LogP contribution in [0, 0.1) is 0 Å². The molecule has 0 bridgehead atoms. The maximum Gasteiger partial charge on any atom is 0.225 e. The summed E-state index contributed by atoms with van der Waals surface area (Å²) in [6.45, 7) is 11.9. The summed E-state index contributed by atoms with van der Waals surface area (Å²) in [4.78, 5) is 18.1. The highest BCUT2D eigenvalue weighted by molar-refractivity contribution is 14.0. The quantitative estimate of drug-likeness (QED) is 0.288. The molecule has 1 aromatic heterocycles. The molecule has 170 valence electrons. The Morgan fingerprint density at radius 2 is 1.77 bits per heavy atom. The molecular weight excluding hydrogens is 505 g/mol. The maximum atomic E-state index is 5.70. The van der Waals surface area contributed by atoms with Crippen molar-refractivity contribution in [2.75, 3.05) is 57.3 Å². The summed E-state index contributed by atoms with van der Waals surface area (Å²) < 4.78 is 5.70. The number of benzene rings is 1. The van der Waals surface area contributed by atoms with E-state index in [1.54, 1.807) is 12.4 Å². The van der Waals surface area contributed by atoms with Crippen molar-refractivity contribution in [2.45, 2.75) is 20.4 Å². The normalized spacial score (nSPS) is 14.6. The number of hydrogen-bond donors (Lipinski definition) is 2. The minimum Gasteiger partial charge on any atom is -0.494 e.